The summed E-state index contributed by atoms with van der Waals surface area (Å²) in [5, 5.41) is 9.98. The van der Waals surface area contributed by atoms with Crippen LogP contribution in [0.2, 0.25) is 0 Å². The fraction of sp³-hybridized carbons (Fsp3) is 0. The Bertz CT molecular complexity index is 1990. The summed E-state index contributed by atoms with van der Waals surface area (Å²) >= 11 is 0. The van der Waals surface area contributed by atoms with Gasteiger partial charge >= 0.3 is 0 Å². The van der Waals surface area contributed by atoms with Gasteiger partial charge in [0.2, 0.25) is 0 Å². The Hall–Kier alpha value is -4.62. The normalized spacial score (nSPS) is 12.0. The first-order valence-electron chi connectivity index (χ1n) is 12.0. The molecule has 1 aromatic heterocycles. The first-order chi connectivity index (χ1) is 17.4. The van der Waals surface area contributed by atoms with Crippen LogP contribution in [0.15, 0.2) is 126 Å². The van der Waals surface area contributed by atoms with Crippen molar-refractivity contribution in [3.63, 3.8) is 0 Å². The van der Waals surface area contributed by atoms with Gasteiger partial charge in [0.1, 0.15) is 11.2 Å². The molecular weight excluding hydrogens is 424 g/mol. The molecule has 1 nitrogen and oxygen atoms in total. The maximum absolute atomic E-state index is 6.26. The van der Waals surface area contributed by atoms with E-state index in [-0.39, 0.29) is 0 Å². The summed E-state index contributed by atoms with van der Waals surface area (Å²) < 4.78 is 6.26. The minimum atomic E-state index is 0.949. The predicted octanol–water partition coefficient (Wildman–Crippen LogP) is 9.82. The molecule has 0 radical (unpaired) electrons. The van der Waals surface area contributed by atoms with Crippen molar-refractivity contribution >= 4 is 54.3 Å². The number of hydrogen-bond donors (Lipinski definition) is 0. The fourth-order valence-electron chi connectivity index (χ4n) is 6.01. The molecule has 0 fully saturated rings. The quantitative estimate of drug-likeness (QED) is 0.191. The zero-order valence-electron chi connectivity index (χ0n) is 19.0. The highest BCUT2D eigenvalue weighted by atomic mass is 16.3. The third-order valence-electron chi connectivity index (χ3n) is 7.41. The third kappa shape index (κ3) is 2.53. The fourth-order valence-corrected chi connectivity index (χ4v) is 6.01. The molecule has 0 amide bonds. The number of furan rings is 1. The second-order valence-electron chi connectivity index (χ2n) is 9.27. The maximum Gasteiger partial charge on any atom is 0.136 e. The molecule has 7 aromatic carbocycles. The van der Waals surface area contributed by atoms with Crippen LogP contribution in [-0.2, 0) is 0 Å². The molecule has 1 heteroatoms. The molecule has 0 aliphatic rings. The molecule has 8 rings (SSSR count). The minimum absolute atomic E-state index is 0.949. The molecule has 0 aliphatic heterocycles. The SMILES string of the molecule is c1ccc(-c2c3ccccc3c(-c3cc4cccc5oc6cccc3c6c45)c3ccccc23)cc1. The van der Waals surface area contributed by atoms with Gasteiger partial charge in [-0.05, 0) is 72.8 Å². The standard InChI is InChI=1S/C34H20O/c1-2-10-21(11-3-1)31-23-13-4-6-15-25(23)33(26-16-7-5-14-24(26)31)28-20-22-12-8-18-29-32(22)34-27(28)17-9-19-30(34)35-29/h1-20H. The van der Waals surface area contributed by atoms with E-state index in [4.69, 9.17) is 4.42 Å². The highest BCUT2D eigenvalue weighted by Gasteiger charge is 2.21. The van der Waals surface area contributed by atoms with E-state index < -0.39 is 0 Å². The van der Waals surface area contributed by atoms with Crippen LogP contribution in [0.1, 0.15) is 0 Å². The van der Waals surface area contributed by atoms with Crippen molar-refractivity contribution in [2.24, 2.45) is 0 Å². The van der Waals surface area contributed by atoms with E-state index in [0.29, 0.717) is 0 Å². The van der Waals surface area contributed by atoms with Crippen molar-refractivity contribution in [1.29, 1.82) is 0 Å². The summed E-state index contributed by atoms with van der Waals surface area (Å²) in [6.45, 7) is 0. The van der Waals surface area contributed by atoms with Crippen LogP contribution in [0, 0.1) is 0 Å². The molecule has 0 N–H and O–H groups in total. The summed E-state index contributed by atoms with van der Waals surface area (Å²) in [6.07, 6.45) is 0. The van der Waals surface area contributed by atoms with Gasteiger partial charge in [-0.15, -0.1) is 0 Å². The van der Waals surface area contributed by atoms with Crippen molar-refractivity contribution in [2.45, 2.75) is 0 Å². The van der Waals surface area contributed by atoms with E-state index in [0.717, 1.165) is 11.2 Å². The monoisotopic (exact) mass is 444 g/mol. The minimum Gasteiger partial charge on any atom is -0.456 e. The van der Waals surface area contributed by atoms with Gasteiger partial charge in [-0.1, -0.05) is 103 Å². The van der Waals surface area contributed by atoms with Crippen LogP contribution < -0.4 is 0 Å². The van der Waals surface area contributed by atoms with Gasteiger partial charge in [-0.3, -0.25) is 0 Å². The maximum atomic E-state index is 6.26. The van der Waals surface area contributed by atoms with Crippen LogP contribution in [0.4, 0.5) is 0 Å². The molecule has 0 aliphatic carbocycles. The van der Waals surface area contributed by atoms with Gasteiger partial charge in [-0.2, -0.15) is 0 Å². The molecule has 0 atom stereocenters. The van der Waals surface area contributed by atoms with Gasteiger partial charge in [0, 0.05) is 10.8 Å². The van der Waals surface area contributed by atoms with E-state index in [9.17, 15) is 0 Å². The Balaban J connectivity index is 1.62. The topological polar surface area (TPSA) is 13.1 Å². The molecule has 162 valence electrons. The van der Waals surface area contributed by atoms with Gasteiger partial charge in [0.05, 0.1) is 0 Å². The van der Waals surface area contributed by atoms with E-state index >= 15 is 0 Å². The lowest BCUT2D eigenvalue weighted by molar-refractivity contribution is 0.669. The molecule has 0 saturated heterocycles. The highest BCUT2D eigenvalue weighted by Crippen LogP contribution is 2.48. The lowest BCUT2D eigenvalue weighted by Crippen LogP contribution is -1.92. The van der Waals surface area contributed by atoms with Gasteiger partial charge < -0.3 is 4.42 Å². The second-order valence-corrected chi connectivity index (χ2v) is 9.27. The van der Waals surface area contributed by atoms with Crippen LogP contribution in [0.3, 0.4) is 0 Å². The average molecular weight is 445 g/mol. The Kier molecular flexibility index (Phi) is 3.72. The van der Waals surface area contributed by atoms with E-state index in [1.807, 2.05) is 0 Å². The second kappa shape index (κ2) is 6.94. The van der Waals surface area contributed by atoms with Gasteiger partial charge in [-0.25, -0.2) is 0 Å². The van der Waals surface area contributed by atoms with Gasteiger partial charge in [0.25, 0.3) is 0 Å². The number of rotatable bonds is 2. The zero-order chi connectivity index (χ0) is 22.9. The first kappa shape index (κ1) is 18.8. The number of hydrogen-bond acceptors (Lipinski definition) is 1. The number of benzene rings is 7. The van der Waals surface area contributed by atoms with Crippen molar-refractivity contribution in [2.75, 3.05) is 0 Å². The van der Waals surface area contributed by atoms with Gasteiger partial charge in [0.15, 0.2) is 0 Å². The predicted molar refractivity (Wildman–Crippen MR) is 148 cm³/mol. The summed E-state index contributed by atoms with van der Waals surface area (Å²) in [7, 11) is 0. The van der Waals surface area contributed by atoms with Crippen molar-refractivity contribution in [3.05, 3.63) is 121 Å². The van der Waals surface area contributed by atoms with Crippen molar-refractivity contribution < 1.29 is 4.42 Å². The summed E-state index contributed by atoms with van der Waals surface area (Å²) in [6, 6.07) is 43.6. The van der Waals surface area contributed by atoms with Crippen LogP contribution in [-0.4, -0.2) is 0 Å². The summed E-state index contributed by atoms with van der Waals surface area (Å²) in [5.74, 6) is 0. The molecule has 1 heterocycles. The molecule has 0 saturated carbocycles. The largest absolute Gasteiger partial charge is 0.456 e. The average Bonchev–Trinajstić information content (AvgIpc) is 3.31. The molecule has 0 bridgehead atoms. The van der Waals surface area contributed by atoms with E-state index in [2.05, 4.69) is 121 Å². The Labute approximate surface area is 202 Å². The van der Waals surface area contributed by atoms with Crippen LogP contribution in [0.25, 0.3) is 76.5 Å². The van der Waals surface area contributed by atoms with Crippen LogP contribution in [0.5, 0.6) is 0 Å². The Morgan fingerprint density at radius 3 is 1.63 bits per heavy atom. The lowest BCUT2D eigenvalue weighted by Gasteiger charge is -2.19. The molecule has 0 spiro atoms. The molecule has 35 heavy (non-hydrogen) atoms. The van der Waals surface area contributed by atoms with Crippen LogP contribution >= 0.6 is 0 Å². The highest BCUT2D eigenvalue weighted by molar-refractivity contribution is 6.29. The third-order valence-corrected chi connectivity index (χ3v) is 7.41. The Morgan fingerprint density at radius 2 is 0.943 bits per heavy atom. The first-order valence-corrected chi connectivity index (χ1v) is 12.0. The van der Waals surface area contributed by atoms with Crippen molar-refractivity contribution in [3.8, 4) is 22.3 Å². The lowest BCUT2D eigenvalue weighted by atomic mass is 9.84. The molecule has 8 aromatic rings. The van der Waals surface area contributed by atoms with E-state index in [1.165, 1.54) is 65.3 Å². The molecule has 0 unspecified atom stereocenters. The smallest absolute Gasteiger partial charge is 0.136 e. The summed E-state index contributed by atoms with van der Waals surface area (Å²) in [4.78, 5) is 0. The Morgan fingerprint density at radius 1 is 0.400 bits per heavy atom. The summed E-state index contributed by atoms with van der Waals surface area (Å²) in [5.41, 5.74) is 6.98. The molecular formula is C34H20O. The van der Waals surface area contributed by atoms with Crippen molar-refractivity contribution in [1.82, 2.24) is 0 Å². The van der Waals surface area contributed by atoms with E-state index in [1.54, 1.807) is 0 Å². The number of fused-ring (bicyclic) bond motifs is 2. The zero-order valence-corrected chi connectivity index (χ0v) is 19.0.